The molecule has 0 saturated heterocycles. The summed E-state index contributed by atoms with van der Waals surface area (Å²) in [6.45, 7) is 7.66. The number of halogens is 1. The molecule has 118 valence electrons. The summed E-state index contributed by atoms with van der Waals surface area (Å²) in [5, 5.41) is 10.3. The first-order valence-electron chi connectivity index (χ1n) is 6.26. The van der Waals surface area contributed by atoms with E-state index in [9.17, 15) is 9.59 Å². The molecule has 1 aromatic rings. The van der Waals surface area contributed by atoms with E-state index in [4.69, 9.17) is 16.5 Å². The molecule has 2 amide bonds. The van der Waals surface area contributed by atoms with Gasteiger partial charge in [-0.1, -0.05) is 0 Å². The third-order valence-corrected chi connectivity index (χ3v) is 2.42. The summed E-state index contributed by atoms with van der Waals surface area (Å²) in [7, 11) is 1.45. The molecule has 0 spiro atoms. The summed E-state index contributed by atoms with van der Waals surface area (Å²) >= 11 is 5.63. The van der Waals surface area contributed by atoms with Gasteiger partial charge in [-0.15, -0.1) is 19.1 Å². The Morgan fingerprint density at radius 2 is 2.19 bits per heavy atom. The number of hydrogen-bond acceptors (Lipinski definition) is 5. The van der Waals surface area contributed by atoms with Gasteiger partial charge in [0.2, 0.25) is 0 Å². The lowest BCUT2D eigenvalue weighted by atomic mass is 10.1. The number of urea groups is 1. The van der Waals surface area contributed by atoms with Gasteiger partial charge in [-0.25, -0.2) is 9.59 Å². The maximum absolute atomic E-state index is 12.1. The maximum atomic E-state index is 12.1. The number of nitrogens with one attached hydrogen (secondary N) is 1. The highest BCUT2D eigenvalue weighted by atomic mass is 35.5. The number of rotatable bonds is 4. The van der Waals surface area contributed by atoms with Gasteiger partial charge in [-0.05, 0) is 27.7 Å². The van der Waals surface area contributed by atoms with E-state index in [2.05, 4.69) is 15.5 Å². The summed E-state index contributed by atoms with van der Waals surface area (Å²) in [6.07, 6.45) is 1.08. The maximum Gasteiger partial charge on any atom is 0.384 e. The van der Waals surface area contributed by atoms with Crippen LogP contribution < -0.4 is 15.9 Å². The molecule has 0 radical (unpaired) electrons. The van der Waals surface area contributed by atoms with E-state index in [1.54, 1.807) is 6.92 Å². The predicted octanol–water partition coefficient (Wildman–Crippen LogP) is 0.819. The van der Waals surface area contributed by atoms with Crippen LogP contribution in [0.5, 0.6) is 0 Å². The van der Waals surface area contributed by atoms with Crippen molar-refractivity contribution in [2.75, 3.05) is 18.6 Å². The van der Waals surface area contributed by atoms with Gasteiger partial charge >= 0.3 is 11.7 Å². The molecule has 9 nitrogen and oxygen atoms in total. The van der Waals surface area contributed by atoms with Gasteiger partial charge in [-0.3, -0.25) is 4.90 Å². The highest BCUT2D eigenvalue weighted by molar-refractivity contribution is 6.14. The van der Waals surface area contributed by atoms with Crippen molar-refractivity contribution in [1.82, 2.24) is 19.3 Å². The molecule has 1 heterocycles. The van der Waals surface area contributed by atoms with Crippen LogP contribution in [0.2, 0.25) is 0 Å². The van der Waals surface area contributed by atoms with Crippen molar-refractivity contribution < 1.29 is 9.53 Å². The predicted molar refractivity (Wildman–Crippen MR) is 79.9 cm³/mol. The number of aromatic nitrogens is 3. The second-order valence-corrected chi connectivity index (χ2v) is 5.49. The van der Waals surface area contributed by atoms with Crippen molar-refractivity contribution in [2.45, 2.75) is 33.2 Å². The van der Waals surface area contributed by atoms with Crippen LogP contribution in [0.15, 0.2) is 9.90 Å². The molecule has 21 heavy (non-hydrogen) atoms. The zero-order chi connectivity index (χ0) is 16.2. The second kappa shape index (κ2) is 6.61. The van der Waals surface area contributed by atoms with Crippen molar-refractivity contribution in [3.05, 3.63) is 10.5 Å². The minimum atomic E-state index is -0.710. The lowest BCUT2D eigenvalue weighted by molar-refractivity contribution is 0.238. The topological polar surface area (TPSA) is 93.8 Å². The lowest BCUT2D eigenvalue weighted by Gasteiger charge is -2.24. The van der Waals surface area contributed by atoms with Crippen molar-refractivity contribution in [2.24, 2.45) is 5.10 Å². The molecule has 0 aromatic carbocycles. The number of anilines is 1. The molecule has 0 bridgehead atoms. The van der Waals surface area contributed by atoms with Crippen LogP contribution in [0.1, 0.15) is 27.7 Å². The fourth-order valence-corrected chi connectivity index (χ4v) is 1.43. The van der Waals surface area contributed by atoms with Gasteiger partial charge in [0.25, 0.3) is 5.95 Å². The Hall–Kier alpha value is -2.03. The number of carbonyl (C=O) groups is 1. The van der Waals surface area contributed by atoms with Crippen LogP contribution in [0, 0.1) is 0 Å². The number of carbonyl (C=O) groups excluding carboxylic acids is 1. The van der Waals surface area contributed by atoms with Crippen LogP contribution in [0.3, 0.4) is 0 Å². The Morgan fingerprint density at radius 3 is 2.71 bits per heavy atom. The van der Waals surface area contributed by atoms with Gasteiger partial charge < -0.3 is 10.1 Å². The molecule has 1 N–H and O–H groups in total. The monoisotopic (exact) mass is 318 g/mol. The summed E-state index contributed by atoms with van der Waals surface area (Å²) < 4.78 is 6.36. The fraction of sp³-hybridized carbons (Fsp3) is 0.636. The molecule has 0 saturated carbocycles. The quantitative estimate of drug-likeness (QED) is 0.657. The number of ether oxygens (including phenoxy) is 1. The molecule has 0 atom stereocenters. The highest BCUT2D eigenvalue weighted by Crippen LogP contribution is 2.09. The van der Waals surface area contributed by atoms with Crippen molar-refractivity contribution in [3.63, 3.8) is 0 Å². The minimum absolute atomic E-state index is 0.0345. The molecular formula is C11H19ClN6O3. The van der Waals surface area contributed by atoms with E-state index in [1.807, 2.05) is 20.8 Å². The van der Waals surface area contributed by atoms with E-state index in [0.29, 0.717) is 10.8 Å². The van der Waals surface area contributed by atoms with Crippen LogP contribution >= 0.6 is 11.8 Å². The van der Waals surface area contributed by atoms with E-state index < -0.39 is 17.3 Å². The summed E-state index contributed by atoms with van der Waals surface area (Å²) in [5.41, 5.74) is -1.15. The van der Waals surface area contributed by atoms with E-state index in [-0.39, 0.29) is 5.95 Å². The minimum Gasteiger partial charge on any atom is -0.482 e. The normalized spacial score (nSPS) is 11.7. The van der Waals surface area contributed by atoms with E-state index >= 15 is 0 Å². The van der Waals surface area contributed by atoms with Gasteiger partial charge in [0, 0.05) is 24.4 Å². The Morgan fingerprint density at radius 1 is 1.57 bits per heavy atom. The molecular weight excluding hydrogens is 300 g/mol. The average Bonchev–Trinajstić information content (AvgIpc) is 2.64. The molecule has 0 unspecified atom stereocenters. The molecule has 10 heteroatoms. The Bertz CT molecular complexity index is 586. The first-order chi connectivity index (χ1) is 9.67. The Kier molecular flexibility index (Phi) is 5.36. The fourth-order valence-electron chi connectivity index (χ4n) is 1.29. The zero-order valence-corrected chi connectivity index (χ0v) is 13.4. The standard InChI is InChI=1S/C11H19ClN6O3/c1-6-21-7-13-17-8(15-18(12)10(17)20)16(5)9(19)14-11(2,3)4/h7H,6H2,1-5H3,(H,14,19). The van der Waals surface area contributed by atoms with Crippen LogP contribution in [0.4, 0.5) is 10.7 Å². The van der Waals surface area contributed by atoms with Gasteiger partial charge in [0.05, 0.1) is 6.61 Å². The average molecular weight is 319 g/mol. The Balaban J connectivity index is 3.09. The molecule has 0 aliphatic rings. The van der Waals surface area contributed by atoms with Gasteiger partial charge in [0.15, 0.2) is 6.40 Å². The summed E-state index contributed by atoms with van der Waals surface area (Å²) in [4.78, 5) is 25.0. The molecule has 0 fully saturated rings. The lowest BCUT2D eigenvalue weighted by Crippen LogP contribution is -2.48. The third kappa shape index (κ3) is 4.48. The summed E-state index contributed by atoms with van der Waals surface area (Å²) in [6, 6.07) is -0.447. The number of amides is 2. The van der Waals surface area contributed by atoms with Crippen LogP contribution in [-0.2, 0) is 4.74 Å². The first kappa shape index (κ1) is 17.0. The van der Waals surface area contributed by atoms with Crippen LogP contribution in [0.25, 0.3) is 0 Å². The summed E-state index contributed by atoms with van der Waals surface area (Å²) in [5.74, 6) is -0.0345. The number of hydrogen-bond donors (Lipinski definition) is 1. The molecule has 0 aliphatic heterocycles. The largest absolute Gasteiger partial charge is 0.482 e. The van der Waals surface area contributed by atoms with Gasteiger partial charge in [0.1, 0.15) is 0 Å². The zero-order valence-electron chi connectivity index (χ0n) is 12.6. The molecule has 0 aliphatic carbocycles. The van der Waals surface area contributed by atoms with Gasteiger partial charge in [-0.2, -0.15) is 0 Å². The van der Waals surface area contributed by atoms with Crippen LogP contribution in [-0.4, -0.2) is 45.6 Å². The highest BCUT2D eigenvalue weighted by Gasteiger charge is 2.24. The van der Waals surface area contributed by atoms with E-state index in [1.165, 1.54) is 7.05 Å². The number of nitrogens with zero attached hydrogens (tertiary/aromatic N) is 5. The SMILES string of the molecule is CCOC=Nn1c(N(C)C(=O)NC(C)(C)C)nn(Cl)c1=O. The van der Waals surface area contributed by atoms with Crippen molar-refractivity contribution in [1.29, 1.82) is 0 Å². The molecule has 1 rings (SSSR count). The van der Waals surface area contributed by atoms with Crippen molar-refractivity contribution >= 4 is 30.2 Å². The van der Waals surface area contributed by atoms with E-state index in [0.717, 1.165) is 16.0 Å². The second-order valence-electron chi connectivity index (χ2n) is 5.17. The Labute approximate surface area is 127 Å². The smallest absolute Gasteiger partial charge is 0.384 e. The molecule has 1 aromatic heterocycles. The first-order valence-corrected chi connectivity index (χ1v) is 6.59. The third-order valence-electron chi connectivity index (χ3n) is 2.20. The van der Waals surface area contributed by atoms with Crippen molar-refractivity contribution in [3.8, 4) is 0 Å².